The maximum Gasteiger partial charge on any atom is 0.115 e. The topological polar surface area (TPSA) is 68.2 Å². The van der Waals surface area contributed by atoms with Crippen LogP contribution in [0.2, 0.25) is 0 Å². The van der Waals surface area contributed by atoms with Crippen LogP contribution in [0.5, 0.6) is 0 Å². The zero-order valence-electron chi connectivity index (χ0n) is 18.4. The van der Waals surface area contributed by atoms with Gasteiger partial charge < -0.3 is 24.4 Å². The van der Waals surface area contributed by atoms with Crippen molar-refractivity contribution in [2.45, 2.75) is 51.2 Å². The molecule has 5 nitrogen and oxygen atoms in total. The van der Waals surface area contributed by atoms with E-state index in [1.54, 1.807) is 6.92 Å². The third-order valence-electron chi connectivity index (χ3n) is 5.15. The van der Waals surface area contributed by atoms with Crippen molar-refractivity contribution in [2.24, 2.45) is 0 Å². The molecule has 32 heavy (non-hydrogen) atoms. The molecule has 0 heterocycles. The van der Waals surface area contributed by atoms with E-state index in [0.717, 1.165) is 16.7 Å². The molecule has 0 spiro atoms. The minimum Gasteiger partial charge on any atom is -0.391 e. The Morgan fingerprint density at radius 1 is 0.594 bits per heavy atom. The Morgan fingerprint density at radius 2 is 1.00 bits per heavy atom. The maximum absolute atomic E-state index is 10.9. The van der Waals surface area contributed by atoms with Crippen molar-refractivity contribution < 1.29 is 24.4 Å². The van der Waals surface area contributed by atoms with Crippen LogP contribution in [-0.4, -0.2) is 41.2 Å². The summed E-state index contributed by atoms with van der Waals surface area (Å²) in [6, 6.07) is 29.2. The van der Waals surface area contributed by atoms with Gasteiger partial charge in [0.25, 0.3) is 0 Å². The number of rotatable bonds is 13. The van der Waals surface area contributed by atoms with Gasteiger partial charge in [0.15, 0.2) is 0 Å². The Hall–Kier alpha value is -2.54. The van der Waals surface area contributed by atoms with Gasteiger partial charge in [-0.05, 0) is 23.6 Å². The number of hydrogen-bond donors (Lipinski definition) is 2. The average Bonchev–Trinajstić information content (AvgIpc) is 2.83. The highest BCUT2D eigenvalue weighted by Crippen LogP contribution is 2.18. The first-order chi connectivity index (χ1) is 15.6. The summed E-state index contributed by atoms with van der Waals surface area (Å²) >= 11 is 0. The predicted octanol–water partition coefficient (Wildman–Crippen LogP) is 4.12. The molecule has 0 amide bonds. The van der Waals surface area contributed by atoms with Crippen molar-refractivity contribution in [3.63, 3.8) is 0 Å². The zero-order chi connectivity index (χ0) is 22.6. The molecule has 0 aromatic heterocycles. The highest BCUT2D eigenvalue weighted by Gasteiger charge is 2.34. The second-order valence-corrected chi connectivity index (χ2v) is 7.83. The second-order valence-electron chi connectivity index (χ2n) is 7.83. The van der Waals surface area contributed by atoms with Gasteiger partial charge in [-0.2, -0.15) is 0 Å². The molecule has 0 fully saturated rings. The van der Waals surface area contributed by atoms with E-state index in [0.29, 0.717) is 19.8 Å². The second kappa shape index (κ2) is 13.1. The molecule has 0 aliphatic rings. The summed E-state index contributed by atoms with van der Waals surface area (Å²) < 4.78 is 17.9. The first-order valence-corrected chi connectivity index (χ1v) is 10.9. The summed E-state index contributed by atoms with van der Waals surface area (Å²) in [7, 11) is 0. The van der Waals surface area contributed by atoms with Gasteiger partial charge in [0.05, 0.1) is 32.5 Å². The van der Waals surface area contributed by atoms with Gasteiger partial charge in [0, 0.05) is 0 Å². The Bertz CT molecular complexity index is 870. The standard InChI is InChI=1S/C27H32O5/c1-21(28)26(31-18-23-13-7-3-8-14-23)27(32-19-24-15-9-4-10-16-24)25(29)20-30-17-22-11-5-2-6-12-22/h2-16,21,25-29H,17-20H2,1H3/t21-,25-,26-,27-/m1/s1. The smallest absolute Gasteiger partial charge is 0.115 e. The molecule has 0 unspecified atom stereocenters. The molecule has 2 N–H and O–H groups in total. The molecule has 0 aliphatic heterocycles. The van der Waals surface area contributed by atoms with Crippen LogP contribution in [0.3, 0.4) is 0 Å². The van der Waals surface area contributed by atoms with Gasteiger partial charge in [-0.25, -0.2) is 0 Å². The molecular weight excluding hydrogens is 404 g/mol. The number of ether oxygens (including phenoxy) is 3. The van der Waals surface area contributed by atoms with Gasteiger partial charge in [-0.1, -0.05) is 91.0 Å². The lowest BCUT2D eigenvalue weighted by molar-refractivity contribution is -0.173. The summed E-state index contributed by atoms with van der Waals surface area (Å²) in [6.07, 6.45) is -3.31. The lowest BCUT2D eigenvalue weighted by Gasteiger charge is -2.33. The van der Waals surface area contributed by atoms with Crippen molar-refractivity contribution >= 4 is 0 Å². The van der Waals surface area contributed by atoms with Crippen LogP contribution in [0.25, 0.3) is 0 Å². The van der Waals surface area contributed by atoms with E-state index < -0.39 is 24.4 Å². The quantitative estimate of drug-likeness (QED) is 0.422. The van der Waals surface area contributed by atoms with Crippen molar-refractivity contribution in [3.8, 4) is 0 Å². The van der Waals surface area contributed by atoms with Crippen LogP contribution in [-0.2, 0) is 34.0 Å². The summed E-state index contributed by atoms with van der Waals surface area (Å²) in [5.74, 6) is 0. The highest BCUT2D eigenvalue weighted by molar-refractivity contribution is 5.15. The minimum absolute atomic E-state index is 0.0618. The first-order valence-electron chi connectivity index (χ1n) is 10.9. The Kier molecular flexibility index (Phi) is 9.88. The minimum atomic E-state index is -0.974. The van der Waals surface area contributed by atoms with Crippen molar-refractivity contribution in [1.29, 1.82) is 0 Å². The first kappa shape index (κ1) is 24.1. The van der Waals surface area contributed by atoms with E-state index in [1.165, 1.54) is 0 Å². The fourth-order valence-corrected chi connectivity index (χ4v) is 3.43. The van der Waals surface area contributed by atoms with Gasteiger partial charge in [-0.3, -0.25) is 0 Å². The van der Waals surface area contributed by atoms with Crippen molar-refractivity contribution in [2.75, 3.05) is 6.61 Å². The fraction of sp³-hybridized carbons (Fsp3) is 0.333. The van der Waals surface area contributed by atoms with Gasteiger partial charge in [-0.15, -0.1) is 0 Å². The molecular formula is C27H32O5. The van der Waals surface area contributed by atoms with E-state index in [-0.39, 0.29) is 6.61 Å². The normalized spacial score (nSPS) is 15.1. The van der Waals surface area contributed by atoms with E-state index in [4.69, 9.17) is 14.2 Å². The number of hydrogen-bond acceptors (Lipinski definition) is 5. The van der Waals surface area contributed by atoms with Crippen LogP contribution in [0.1, 0.15) is 23.6 Å². The van der Waals surface area contributed by atoms with E-state index in [9.17, 15) is 10.2 Å². The number of benzene rings is 3. The molecule has 3 aromatic rings. The summed E-state index contributed by atoms with van der Waals surface area (Å²) in [5, 5.41) is 21.4. The van der Waals surface area contributed by atoms with Crippen LogP contribution in [0, 0.1) is 0 Å². The maximum atomic E-state index is 10.9. The third-order valence-corrected chi connectivity index (χ3v) is 5.15. The van der Waals surface area contributed by atoms with Gasteiger partial charge in [0.2, 0.25) is 0 Å². The van der Waals surface area contributed by atoms with Crippen LogP contribution in [0.15, 0.2) is 91.0 Å². The largest absolute Gasteiger partial charge is 0.391 e. The van der Waals surface area contributed by atoms with Gasteiger partial charge >= 0.3 is 0 Å². The lowest BCUT2D eigenvalue weighted by Crippen LogP contribution is -2.48. The average molecular weight is 437 g/mol. The van der Waals surface area contributed by atoms with E-state index in [2.05, 4.69) is 0 Å². The van der Waals surface area contributed by atoms with E-state index >= 15 is 0 Å². The van der Waals surface area contributed by atoms with Crippen LogP contribution >= 0.6 is 0 Å². The van der Waals surface area contributed by atoms with E-state index in [1.807, 2.05) is 91.0 Å². The Morgan fingerprint density at radius 3 is 1.44 bits per heavy atom. The zero-order valence-corrected chi connectivity index (χ0v) is 18.4. The molecule has 5 heteroatoms. The third kappa shape index (κ3) is 7.86. The molecule has 3 aromatic carbocycles. The fourth-order valence-electron chi connectivity index (χ4n) is 3.43. The van der Waals surface area contributed by atoms with Gasteiger partial charge in [0.1, 0.15) is 18.3 Å². The Labute approximate surface area is 190 Å². The molecule has 0 bridgehead atoms. The number of aliphatic hydroxyl groups excluding tert-OH is 2. The molecule has 0 aliphatic carbocycles. The Balaban J connectivity index is 1.66. The molecule has 170 valence electrons. The van der Waals surface area contributed by atoms with Crippen molar-refractivity contribution in [1.82, 2.24) is 0 Å². The molecule has 3 rings (SSSR count). The monoisotopic (exact) mass is 436 g/mol. The molecule has 0 saturated heterocycles. The van der Waals surface area contributed by atoms with Crippen LogP contribution in [0.4, 0.5) is 0 Å². The summed E-state index contributed by atoms with van der Waals surface area (Å²) in [4.78, 5) is 0. The van der Waals surface area contributed by atoms with Crippen molar-refractivity contribution in [3.05, 3.63) is 108 Å². The lowest BCUT2D eigenvalue weighted by atomic mass is 10.0. The van der Waals surface area contributed by atoms with Crippen LogP contribution < -0.4 is 0 Å². The predicted molar refractivity (Wildman–Crippen MR) is 124 cm³/mol. The summed E-state index contributed by atoms with van der Waals surface area (Å²) in [5.41, 5.74) is 2.98. The summed E-state index contributed by atoms with van der Waals surface area (Å²) in [6.45, 7) is 2.68. The molecule has 0 saturated carbocycles. The SMILES string of the molecule is C[C@@H](O)[C@@H](OCc1ccccc1)[C@H](OCc1ccccc1)[C@H](O)COCc1ccccc1. The molecule has 4 atom stereocenters. The highest BCUT2D eigenvalue weighted by atomic mass is 16.6. The number of aliphatic hydroxyl groups is 2. The molecule has 0 radical (unpaired) electrons.